The fourth-order valence-corrected chi connectivity index (χ4v) is 9.52. The molecule has 6 aromatic rings. The largest absolute Gasteiger partial charge is 0.493 e. The van der Waals surface area contributed by atoms with E-state index in [0.29, 0.717) is 56.2 Å². The molecule has 404 valence electrons. The lowest BCUT2D eigenvalue weighted by Gasteiger charge is -2.29. The maximum Gasteiger partial charge on any atom is 0.260 e. The number of nitrogens with one attached hydrogen (secondary N) is 2. The van der Waals surface area contributed by atoms with E-state index in [2.05, 4.69) is 111 Å². The average Bonchev–Trinajstić information content (AvgIpc) is 4.03. The van der Waals surface area contributed by atoms with Crippen molar-refractivity contribution in [2.24, 2.45) is 10.4 Å². The average molecular weight is 1040 g/mol. The van der Waals surface area contributed by atoms with Crippen molar-refractivity contribution in [3.63, 3.8) is 0 Å². The van der Waals surface area contributed by atoms with Crippen molar-refractivity contribution >= 4 is 35.0 Å². The van der Waals surface area contributed by atoms with Gasteiger partial charge in [-0.1, -0.05) is 127 Å². The highest BCUT2D eigenvalue weighted by Crippen LogP contribution is 2.46. The van der Waals surface area contributed by atoms with Crippen molar-refractivity contribution in [1.82, 2.24) is 20.4 Å². The monoisotopic (exact) mass is 1040 g/mol. The van der Waals surface area contributed by atoms with Gasteiger partial charge in [0.1, 0.15) is 42.3 Å². The molecule has 0 spiro atoms. The second kappa shape index (κ2) is 26.8. The number of piperidine rings is 1. The van der Waals surface area contributed by atoms with Crippen molar-refractivity contribution in [3.05, 3.63) is 185 Å². The maximum atomic E-state index is 12.8. The molecule has 0 radical (unpaired) electrons. The number of hydrogen-bond acceptors (Lipinski definition) is 10. The Labute approximate surface area is 455 Å². The highest BCUT2D eigenvalue weighted by Gasteiger charge is 2.42. The fraction of sp³-hybridized carbons (Fsp3) is 0.359. The van der Waals surface area contributed by atoms with Crippen LogP contribution >= 0.6 is 0 Å². The van der Waals surface area contributed by atoms with Gasteiger partial charge in [0.15, 0.2) is 6.61 Å². The van der Waals surface area contributed by atoms with Crippen LogP contribution in [-0.4, -0.2) is 84.6 Å². The van der Waals surface area contributed by atoms with E-state index in [1.165, 1.54) is 16.0 Å². The minimum absolute atomic E-state index is 0.0922. The van der Waals surface area contributed by atoms with Crippen LogP contribution in [0.4, 0.5) is 5.69 Å². The minimum Gasteiger partial charge on any atom is -0.493 e. The van der Waals surface area contributed by atoms with Crippen LogP contribution in [0.25, 0.3) is 0 Å². The van der Waals surface area contributed by atoms with Crippen LogP contribution < -0.4 is 29.6 Å². The van der Waals surface area contributed by atoms with Gasteiger partial charge in [-0.15, -0.1) is 0 Å². The second-order valence-corrected chi connectivity index (χ2v) is 20.3. The molecule has 2 fully saturated rings. The SMILES string of the molecule is CC.CC.CC(C)(C)COc1ccc(CC2(C)C(c3ccc(OCc4ccccc4)cc3)=Nc3ccc(OCc4ccccc4)cc32)cc1.O=C1CCC(N2Cc3c(OCC(=O)N4CCNCC4)cccc3C2=O)C(=O)N1. The number of nitrogens with zero attached hydrogens (tertiary/aromatic N) is 3. The molecule has 4 heterocycles. The zero-order valence-electron chi connectivity index (χ0n) is 46.0. The first kappa shape index (κ1) is 56.9. The number of aliphatic imine (C=N–C) groups is 1. The van der Waals surface area contributed by atoms with Gasteiger partial charge in [0.05, 0.1) is 24.6 Å². The summed E-state index contributed by atoms with van der Waals surface area (Å²) in [6.45, 7) is 21.5. The van der Waals surface area contributed by atoms with Crippen LogP contribution in [0, 0.1) is 5.41 Å². The van der Waals surface area contributed by atoms with Crippen LogP contribution in [0.2, 0.25) is 0 Å². The minimum atomic E-state index is -0.673. The molecule has 2 saturated heterocycles. The van der Waals surface area contributed by atoms with Gasteiger partial charge in [0.2, 0.25) is 11.8 Å². The quantitative estimate of drug-likeness (QED) is 0.0959. The number of imide groups is 1. The molecular weight excluding hydrogens is 967 g/mol. The summed E-state index contributed by atoms with van der Waals surface area (Å²) >= 11 is 0. The van der Waals surface area contributed by atoms with E-state index >= 15 is 0 Å². The Balaban J connectivity index is 0.000000231. The lowest BCUT2D eigenvalue weighted by atomic mass is 9.73. The van der Waals surface area contributed by atoms with Crippen molar-refractivity contribution < 1.29 is 38.1 Å². The van der Waals surface area contributed by atoms with Gasteiger partial charge in [0.25, 0.3) is 11.8 Å². The normalized spacial score (nSPS) is 17.4. The van der Waals surface area contributed by atoms with Crippen molar-refractivity contribution in [1.29, 1.82) is 0 Å². The van der Waals surface area contributed by atoms with Gasteiger partial charge in [0, 0.05) is 49.1 Å². The Bertz CT molecular complexity index is 2950. The number of ether oxygens (including phenoxy) is 4. The third-order valence-electron chi connectivity index (χ3n) is 13.5. The standard InChI is InChI=1S/C41H41NO3.C19H22N4O5.2C2H6/c1-40(2,3)29-45-35-19-15-30(16-20-35)26-41(4)37-25-36(44-28-32-13-9-6-10-14-32)23-24-38(37)42-39(41)33-17-21-34(22-18-33)43-27-31-11-7-5-8-12-31;24-16-5-4-14(18(26)21-16)23-10-13-12(19(23)27)2-1-3-15(13)28-11-17(25)22-8-6-20-7-9-22;2*1-2/h5-25H,26-29H2,1-4H3;1-3,14,20H,4-11H2,(H,21,24,26);2*1-2H3. The molecule has 13 nitrogen and oxygen atoms in total. The van der Waals surface area contributed by atoms with Crippen LogP contribution in [0.5, 0.6) is 23.0 Å². The number of rotatable bonds is 15. The van der Waals surface area contributed by atoms with Gasteiger partial charge in [-0.25, -0.2) is 0 Å². The van der Waals surface area contributed by atoms with E-state index in [-0.39, 0.29) is 48.1 Å². The summed E-state index contributed by atoms with van der Waals surface area (Å²) in [5.74, 6) is 1.92. The first-order valence-electron chi connectivity index (χ1n) is 27.1. The molecule has 0 bridgehead atoms. The first-order valence-corrected chi connectivity index (χ1v) is 27.1. The Morgan fingerprint density at radius 1 is 0.688 bits per heavy atom. The second-order valence-electron chi connectivity index (χ2n) is 20.3. The number of benzene rings is 6. The number of fused-ring (bicyclic) bond motifs is 2. The van der Waals surface area contributed by atoms with Crippen molar-refractivity contribution in [2.75, 3.05) is 39.4 Å². The highest BCUT2D eigenvalue weighted by molar-refractivity contribution is 6.13. The topological polar surface area (TPSA) is 148 Å². The van der Waals surface area contributed by atoms with Gasteiger partial charge < -0.3 is 34.1 Å². The lowest BCUT2D eigenvalue weighted by molar-refractivity contribution is -0.137. The number of hydrogen-bond donors (Lipinski definition) is 2. The Hall–Kier alpha value is -7.77. The van der Waals surface area contributed by atoms with Crippen LogP contribution in [0.1, 0.15) is 112 Å². The molecule has 0 aliphatic carbocycles. The Morgan fingerprint density at radius 3 is 1.91 bits per heavy atom. The zero-order valence-corrected chi connectivity index (χ0v) is 46.0. The summed E-state index contributed by atoms with van der Waals surface area (Å²) < 4.78 is 24.1. The molecule has 0 saturated carbocycles. The lowest BCUT2D eigenvalue weighted by Crippen LogP contribution is -2.52. The van der Waals surface area contributed by atoms with Crippen molar-refractivity contribution in [3.8, 4) is 23.0 Å². The van der Waals surface area contributed by atoms with E-state index in [1.807, 2.05) is 82.3 Å². The highest BCUT2D eigenvalue weighted by atomic mass is 16.5. The van der Waals surface area contributed by atoms with E-state index < -0.39 is 11.9 Å². The maximum absolute atomic E-state index is 12.8. The van der Waals surface area contributed by atoms with Crippen LogP contribution in [0.15, 0.2) is 151 Å². The Morgan fingerprint density at radius 2 is 1.29 bits per heavy atom. The smallest absolute Gasteiger partial charge is 0.260 e. The van der Waals surface area contributed by atoms with E-state index in [9.17, 15) is 19.2 Å². The summed E-state index contributed by atoms with van der Waals surface area (Å²) in [5.41, 5.74) is 8.65. The van der Waals surface area contributed by atoms with Crippen molar-refractivity contribution in [2.45, 2.75) is 106 Å². The molecule has 2 N–H and O–H groups in total. The number of piperazine rings is 1. The summed E-state index contributed by atoms with van der Waals surface area (Å²) in [7, 11) is 0. The number of carbonyl (C=O) groups excluding carboxylic acids is 4. The molecule has 77 heavy (non-hydrogen) atoms. The van der Waals surface area contributed by atoms with Crippen LogP contribution in [-0.2, 0) is 46.0 Å². The van der Waals surface area contributed by atoms with Crippen LogP contribution in [0.3, 0.4) is 0 Å². The predicted octanol–water partition coefficient (Wildman–Crippen LogP) is 11.2. The number of carbonyl (C=O) groups is 4. The third kappa shape index (κ3) is 14.8. The van der Waals surface area contributed by atoms with Gasteiger partial charge in [-0.3, -0.25) is 29.5 Å². The molecule has 4 aliphatic rings. The Kier molecular flexibility index (Phi) is 19.8. The molecule has 13 heteroatoms. The molecule has 6 aromatic carbocycles. The third-order valence-corrected chi connectivity index (χ3v) is 13.5. The summed E-state index contributed by atoms with van der Waals surface area (Å²) in [4.78, 5) is 57.1. The first-order chi connectivity index (χ1) is 37.3. The summed E-state index contributed by atoms with van der Waals surface area (Å²) in [6.07, 6.45) is 1.30. The van der Waals surface area contributed by atoms with E-state index in [0.717, 1.165) is 64.8 Å². The summed E-state index contributed by atoms with van der Waals surface area (Å²) in [5, 5.41) is 5.48. The molecule has 4 aliphatic heterocycles. The molecule has 4 amide bonds. The van der Waals surface area contributed by atoms with Gasteiger partial charge in [-0.05, 0) is 120 Å². The molecule has 10 rings (SSSR count). The number of amides is 4. The van der Waals surface area contributed by atoms with E-state index in [1.54, 1.807) is 23.1 Å². The fourth-order valence-electron chi connectivity index (χ4n) is 9.52. The zero-order chi connectivity index (χ0) is 55.0. The molecule has 0 aromatic heterocycles. The van der Waals surface area contributed by atoms with Gasteiger partial charge >= 0.3 is 0 Å². The predicted molar refractivity (Wildman–Crippen MR) is 303 cm³/mol. The molecule has 2 unspecified atom stereocenters. The molecule has 2 atom stereocenters. The molecular formula is C64H75N5O8. The van der Waals surface area contributed by atoms with E-state index in [4.69, 9.17) is 23.9 Å². The van der Waals surface area contributed by atoms with Gasteiger partial charge in [-0.2, -0.15) is 0 Å². The summed E-state index contributed by atoms with van der Waals surface area (Å²) in [6, 6.07) is 48.1.